The number of hydrogen-bond acceptors (Lipinski definition) is 3. The highest BCUT2D eigenvalue weighted by molar-refractivity contribution is 5.53. The third-order valence-electron chi connectivity index (χ3n) is 3.62. The average molecular weight is 263 g/mol. The van der Waals surface area contributed by atoms with Crippen LogP contribution in [-0.4, -0.2) is 24.6 Å². The molecule has 0 amide bonds. The lowest BCUT2D eigenvalue weighted by atomic mass is 10.1. The lowest BCUT2D eigenvalue weighted by Gasteiger charge is -2.28. The Morgan fingerprint density at radius 3 is 2.63 bits per heavy atom. The van der Waals surface area contributed by atoms with Gasteiger partial charge in [0.05, 0.1) is 0 Å². The maximum atomic E-state index is 4.44. The molecule has 0 aliphatic carbocycles. The van der Waals surface area contributed by atoms with Crippen LogP contribution in [0.5, 0.6) is 0 Å². The molecule has 1 N–H and O–H groups in total. The van der Waals surface area contributed by atoms with Crippen molar-refractivity contribution in [3.05, 3.63) is 23.5 Å². The highest BCUT2D eigenvalue weighted by Crippen LogP contribution is 2.22. The first kappa shape index (κ1) is 16.0. The van der Waals surface area contributed by atoms with E-state index in [1.54, 1.807) is 0 Å². The summed E-state index contributed by atoms with van der Waals surface area (Å²) in [5.74, 6) is 0.723. The zero-order valence-corrected chi connectivity index (χ0v) is 13.2. The predicted molar refractivity (Wildman–Crippen MR) is 83.7 cm³/mol. The van der Waals surface area contributed by atoms with E-state index in [-0.39, 0.29) is 0 Å². The van der Waals surface area contributed by atoms with Gasteiger partial charge in [-0.15, -0.1) is 0 Å². The van der Waals surface area contributed by atoms with Crippen molar-refractivity contribution >= 4 is 5.69 Å². The topological polar surface area (TPSA) is 28.2 Å². The molecule has 108 valence electrons. The average Bonchev–Trinajstić information content (AvgIpc) is 2.43. The van der Waals surface area contributed by atoms with Crippen molar-refractivity contribution < 1.29 is 0 Å². The van der Waals surface area contributed by atoms with Crippen molar-refractivity contribution in [3.8, 4) is 0 Å². The van der Waals surface area contributed by atoms with Crippen molar-refractivity contribution in [1.29, 1.82) is 0 Å². The van der Waals surface area contributed by atoms with Crippen LogP contribution in [0.25, 0.3) is 0 Å². The molecule has 0 bridgehead atoms. The fourth-order valence-electron chi connectivity index (χ4n) is 2.17. The number of aromatic nitrogens is 1. The highest BCUT2D eigenvalue weighted by atomic mass is 15.1. The van der Waals surface area contributed by atoms with E-state index in [4.69, 9.17) is 0 Å². The minimum Gasteiger partial charge on any atom is -0.371 e. The Balaban J connectivity index is 2.95. The molecule has 3 heteroatoms. The van der Waals surface area contributed by atoms with Crippen molar-refractivity contribution in [2.75, 3.05) is 24.5 Å². The van der Waals surface area contributed by atoms with Crippen LogP contribution in [0.1, 0.15) is 45.4 Å². The first-order chi connectivity index (χ1) is 9.12. The fraction of sp³-hybridized carbons (Fsp3) is 0.688. The number of anilines is 1. The zero-order valence-electron chi connectivity index (χ0n) is 13.2. The van der Waals surface area contributed by atoms with Gasteiger partial charge in [-0.1, -0.05) is 27.2 Å². The fourth-order valence-corrected chi connectivity index (χ4v) is 2.17. The molecule has 0 aliphatic rings. The van der Waals surface area contributed by atoms with E-state index in [2.05, 4.69) is 55.9 Å². The molecule has 1 unspecified atom stereocenters. The molecular formula is C16H29N3. The van der Waals surface area contributed by atoms with Gasteiger partial charge < -0.3 is 10.2 Å². The molecule has 0 aliphatic heterocycles. The Morgan fingerprint density at radius 1 is 1.32 bits per heavy atom. The van der Waals surface area contributed by atoms with Crippen LogP contribution in [0.3, 0.4) is 0 Å². The van der Waals surface area contributed by atoms with Crippen LogP contribution in [0.2, 0.25) is 0 Å². The second-order valence-corrected chi connectivity index (χ2v) is 5.29. The van der Waals surface area contributed by atoms with Gasteiger partial charge in [0, 0.05) is 42.8 Å². The standard InChI is InChI=1S/C16H29N3/c1-6-13(4)12-19(8-3)16-9-14(5)18-11-15(16)10-17-7-2/h9,11,13,17H,6-8,10,12H2,1-5H3. The van der Waals surface area contributed by atoms with E-state index in [9.17, 15) is 0 Å². The van der Waals surface area contributed by atoms with Gasteiger partial charge in [0.2, 0.25) is 0 Å². The third-order valence-corrected chi connectivity index (χ3v) is 3.62. The summed E-state index contributed by atoms with van der Waals surface area (Å²) in [5, 5.41) is 3.40. The summed E-state index contributed by atoms with van der Waals surface area (Å²) in [7, 11) is 0. The molecule has 19 heavy (non-hydrogen) atoms. The molecule has 1 atom stereocenters. The molecule has 1 aromatic heterocycles. The van der Waals surface area contributed by atoms with Gasteiger partial charge in [0.1, 0.15) is 0 Å². The Kier molecular flexibility index (Phi) is 6.85. The first-order valence-corrected chi connectivity index (χ1v) is 7.53. The number of aryl methyl sites for hydroxylation is 1. The van der Waals surface area contributed by atoms with Gasteiger partial charge >= 0.3 is 0 Å². The minimum absolute atomic E-state index is 0.723. The summed E-state index contributed by atoms with van der Waals surface area (Å²) in [6.45, 7) is 15.1. The molecule has 0 spiro atoms. The van der Waals surface area contributed by atoms with Gasteiger partial charge in [0.15, 0.2) is 0 Å². The second-order valence-electron chi connectivity index (χ2n) is 5.29. The summed E-state index contributed by atoms with van der Waals surface area (Å²) in [5.41, 5.74) is 3.74. The van der Waals surface area contributed by atoms with Crippen molar-refractivity contribution in [2.45, 2.75) is 47.6 Å². The van der Waals surface area contributed by atoms with Crippen LogP contribution < -0.4 is 10.2 Å². The molecule has 3 nitrogen and oxygen atoms in total. The molecule has 0 fully saturated rings. The Bertz CT molecular complexity index is 376. The molecule has 1 heterocycles. The largest absolute Gasteiger partial charge is 0.371 e. The van der Waals surface area contributed by atoms with Gasteiger partial charge in [-0.25, -0.2) is 0 Å². The van der Waals surface area contributed by atoms with Crippen LogP contribution in [0, 0.1) is 12.8 Å². The number of nitrogens with one attached hydrogen (secondary N) is 1. The monoisotopic (exact) mass is 263 g/mol. The van der Waals surface area contributed by atoms with Gasteiger partial charge in [-0.05, 0) is 32.4 Å². The zero-order chi connectivity index (χ0) is 14.3. The number of rotatable bonds is 8. The highest BCUT2D eigenvalue weighted by Gasteiger charge is 2.13. The Morgan fingerprint density at radius 2 is 2.05 bits per heavy atom. The SMILES string of the molecule is CCNCc1cnc(C)cc1N(CC)CC(C)CC. The normalized spacial score (nSPS) is 12.5. The quantitative estimate of drug-likeness (QED) is 0.779. The summed E-state index contributed by atoms with van der Waals surface area (Å²) in [6.07, 6.45) is 3.25. The molecule has 1 aromatic rings. The summed E-state index contributed by atoms with van der Waals surface area (Å²) in [6, 6.07) is 2.22. The lowest BCUT2D eigenvalue weighted by molar-refractivity contribution is 0.546. The van der Waals surface area contributed by atoms with Gasteiger partial charge in [-0.3, -0.25) is 4.98 Å². The molecule has 0 radical (unpaired) electrons. The van der Waals surface area contributed by atoms with Crippen LogP contribution in [-0.2, 0) is 6.54 Å². The number of nitrogens with zero attached hydrogens (tertiary/aromatic N) is 2. The molecule has 0 saturated carbocycles. The van der Waals surface area contributed by atoms with Crippen LogP contribution in [0.4, 0.5) is 5.69 Å². The van der Waals surface area contributed by atoms with E-state index >= 15 is 0 Å². The van der Waals surface area contributed by atoms with E-state index < -0.39 is 0 Å². The molecule has 0 aromatic carbocycles. The van der Waals surface area contributed by atoms with Crippen molar-refractivity contribution in [3.63, 3.8) is 0 Å². The maximum Gasteiger partial charge on any atom is 0.0445 e. The van der Waals surface area contributed by atoms with Crippen molar-refractivity contribution in [2.24, 2.45) is 5.92 Å². The van der Waals surface area contributed by atoms with Crippen molar-refractivity contribution in [1.82, 2.24) is 10.3 Å². The molecule has 1 rings (SSSR count). The summed E-state index contributed by atoms with van der Waals surface area (Å²) in [4.78, 5) is 6.92. The smallest absolute Gasteiger partial charge is 0.0445 e. The number of hydrogen-bond donors (Lipinski definition) is 1. The van der Waals surface area contributed by atoms with E-state index in [0.29, 0.717) is 0 Å². The Hall–Kier alpha value is -1.09. The first-order valence-electron chi connectivity index (χ1n) is 7.53. The van der Waals surface area contributed by atoms with Crippen LogP contribution in [0.15, 0.2) is 12.3 Å². The summed E-state index contributed by atoms with van der Waals surface area (Å²) < 4.78 is 0. The Labute approximate surface area is 118 Å². The minimum atomic E-state index is 0.723. The van der Waals surface area contributed by atoms with E-state index in [1.165, 1.54) is 17.7 Å². The maximum absolute atomic E-state index is 4.44. The predicted octanol–water partition coefficient (Wildman–Crippen LogP) is 3.37. The molecular weight excluding hydrogens is 234 g/mol. The van der Waals surface area contributed by atoms with E-state index in [0.717, 1.165) is 37.8 Å². The number of pyridine rings is 1. The molecule has 0 saturated heterocycles. The third kappa shape index (κ3) is 4.83. The lowest BCUT2D eigenvalue weighted by Crippen LogP contribution is -2.30. The van der Waals surface area contributed by atoms with Crippen LogP contribution >= 0.6 is 0 Å². The van der Waals surface area contributed by atoms with Gasteiger partial charge in [-0.2, -0.15) is 0 Å². The summed E-state index contributed by atoms with van der Waals surface area (Å²) >= 11 is 0. The van der Waals surface area contributed by atoms with E-state index in [1.807, 2.05) is 6.20 Å². The second kappa shape index (κ2) is 8.16. The van der Waals surface area contributed by atoms with Gasteiger partial charge in [0.25, 0.3) is 0 Å².